The van der Waals surface area contributed by atoms with Crippen LogP contribution in [0.1, 0.15) is 16.3 Å². The lowest BCUT2D eigenvalue weighted by Crippen LogP contribution is -1.96. The van der Waals surface area contributed by atoms with Gasteiger partial charge in [-0.05, 0) is 19.1 Å². The third-order valence-corrected chi connectivity index (χ3v) is 2.97. The Balaban J connectivity index is 2.08. The molecule has 0 aliphatic heterocycles. The summed E-state index contributed by atoms with van der Waals surface area (Å²) in [4.78, 5) is 4.29. The third kappa shape index (κ3) is 2.38. The minimum absolute atomic E-state index is 0.414. The molecule has 0 saturated carbocycles. The quantitative estimate of drug-likeness (QED) is 0.814. The highest BCUT2D eigenvalue weighted by Crippen LogP contribution is 2.19. The van der Waals surface area contributed by atoms with Crippen LogP contribution in [0.2, 0.25) is 0 Å². The van der Waals surface area contributed by atoms with Crippen LogP contribution in [-0.2, 0) is 6.61 Å². The van der Waals surface area contributed by atoms with Crippen molar-refractivity contribution in [1.82, 2.24) is 4.98 Å². The number of aromatic nitrogens is 1. The van der Waals surface area contributed by atoms with Crippen LogP contribution in [0.25, 0.3) is 0 Å². The van der Waals surface area contributed by atoms with E-state index >= 15 is 0 Å². The Kier molecular flexibility index (Phi) is 3.18. The van der Waals surface area contributed by atoms with Crippen LogP contribution >= 0.6 is 11.3 Å². The minimum Gasteiger partial charge on any atom is -0.485 e. The van der Waals surface area contributed by atoms with Gasteiger partial charge < -0.3 is 4.74 Å². The first-order valence-electron chi connectivity index (χ1n) is 4.82. The van der Waals surface area contributed by atoms with Crippen molar-refractivity contribution in [3.05, 3.63) is 45.9 Å². The summed E-state index contributed by atoms with van der Waals surface area (Å²) in [7, 11) is 0. The summed E-state index contributed by atoms with van der Waals surface area (Å²) in [6, 6.07) is 9.29. The second-order valence-corrected chi connectivity index (χ2v) is 4.22. The Labute approximate surface area is 97.9 Å². The molecule has 2 rings (SSSR count). The molecular weight excluding hydrogens is 220 g/mol. The van der Waals surface area contributed by atoms with Gasteiger partial charge in [0.05, 0.1) is 5.56 Å². The molecule has 0 aliphatic carbocycles. The second kappa shape index (κ2) is 4.77. The highest BCUT2D eigenvalue weighted by Gasteiger charge is 2.03. The molecule has 0 atom stereocenters. The van der Waals surface area contributed by atoms with Gasteiger partial charge in [-0.1, -0.05) is 12.1 Å². The number of hydrogen-bond donors (Lipinski definition) is 0. The zero-order valence-electron chi connectivity index (χ0n) is 8.80. The van der Waals surface area contributed by atoms with Gasteiger partial charge in [-0.3, -0.25) is 0 Å². The van der Waals surface area contributed by atoms with Gasteiger partial charge in [0.25, 0.3) is 0 Å². The van der Waals surface area contributed by atoms with E-state index < -0.39 is 0 Å². The number of nitrogens with zero attached hydrogens (tertiary/aromatic N) is 2. The SMILES string of the molecule is Cc1csc(COc2ccccc2C#N)n1. The number of para-hydroxylation sites is 1. The van der Waals surface area contributed by atoms with E-state index in [0.717, 1.165) is 10.7 Å². The maximum absolute atomic E-state index is 8.88. The van der Waals surface area contributed by atoms with E-state index in [2.05, 4.69) is 11.1 Å². The summed E-state index contributed by atoms with van der Waals surface area (Å²) in [5.74, 6) is 0.609. The Bertz CT molecular complexity index is 528. The average Bonchev–Trinajstić information content (AvgIpc) is 2.73. The molecule has 4 heteroatoms. The molecular formula is C12H10N2OS. The number of aryl methyl sites for hydroxylation is 1. The predicted octanol–water partition coefficient (Wildman–Crippen LogP) is 2.90. The monoisotopic (exact) mass is 230 g/mol. The molecule has 0 radical (unpaired) electrons. The van der Waals surface area contributed by atoms with Crippen molar-refractivity contribution in [3.8, 4) is 11.8 Å². The van der Waals surface area contributed by atoms with Crippen LogP contribution in [0, 0.1) is 18.3 Å². The number of rotatable bonds is 3. The van der Waals surface area contributed by atoms with Crippen molar-refractivity contribution in [1.29, 1.82) is 5.26 Å². The van der Waals surface area contributed by atoms with Gasteiger partial charge in [0.1, 0.15) is 23.4 Å². The Morgan fingerprint density at radius 2 is 2.25 bits per heavy atom. The molecule has 2 aromatic rings. The normalized spacial score (nSPS) is 9.75. The molecule has 16 heavy (non-hydrogen) atoms. The molecule has 0 aliphatic rings. The lowest BCUT2D eigenvalue weighted by Gasteiger charge is -2.04. The zero-order chi connectivity index (χ0) is 11.4. The van der Waals surface area contributed by atoms with Crippen LogP contribution < -0.4 is 4.74 Å². The van der Waals surface area contributed by atoms with Crippen molar-refractivity contribution in [3.63, 3.8) is 0 Å². The van der Waals surface area contributed by atoms with Gasteiger partial charge in [-0.2, -0.15) is 5.26 Å². The molecule has 0 spiro atoms. The summed E-state index contributed by atoms with van der Waals surface area (Å²) in [6.07, 6.45) is 0. The fraction of sp³-hybridized carbons (Fsp3) is 0.167. The van der Waals surface area contributed by atoms with Crippen molar-refractivity contribution >= 4 is 11.3 Å². The Morgan fingerprint density at radius 3 is 2.94 bits per heavy atom. The van der Waals surface area contributed by atoms with E-state index in [1.54, 1.807) is 23.5 Å². The largest absolute Gasteiger partial charge is 0.485 e. The Hall–Kier alpha value is -1.86. The number of ether oxygens (including phenoxy) is 1. The molecule has 3 nitrogen and oxygen atoms in total. The molecule has 0 fully saturated rings. The summed E-state index contributed by atoms with van der Waals surface area (Å²) >= 11 is 1.56. The standard InChI is InChI=1S/C12H10N2OS/c1-9-8-16-12(14-9)7-15-11-5-3-2-4-10(11)6-13/h2-5,8H,7H2,1H3. The first-order valence-corrected chi connectivity index (χ1v) is 5.70. The first kappa shape index (κ1) is 10.7. The topological polar surface area (TPSA) is 45.9 Å². The van der Waals surface area contributed by atoms with Gasteiger partial charge >= 0.3 is 0 Å². The zero-order valence-corrected chi connectivity index (χ0v) is 9.62. The summed E-state index contributed by atoms with van der Waals surface area (Å²) in [5.41, 5.74) is 1.55. The van der Waals surface area contributed by atoms with E-state index in [1.807, 2.05) is 24.4 Å². The molecule has 1 aromatic carbocycles. The van der Waals surface area contributed by atoms with E-state index in [-0.39, 0.29) is 0 Å². The van der Waals surface area contributed by atoms with Crippen LogP contribution in [0.15, 0.2) is 29.6 Å². The van der Waals surface area contributed by atoms with Gasteiger partial charge in [0.15, 0.2) is 0 Å². The van der Waals surface area contributed by atoms with E-state index in [0.29, 0.717) is 17.9 Å². The molecule has 0 amide bonds. The van der Waals surface area contributed by atoms with Crippen molar-refractivity contribution < 1.29 is 4.74 Å². The molecule has 1 heterocycles. The van der Waals surface area contributed by atoms with Crippen molar-refractivity contribution in [2.45, 2.75) is 13.5 Å². The summed E-state index contributed by atoms with van der Waals surface area (Å²) in [6.45, 7) is 2.36. The van der Waals surface area contributed by atoms with E-state index in [1.165, 1.54) is 0 Å². The second-order valence-electron chi connectivity index (χ2n) is 3.28. The van der Waals surface area contributed by atoms with Gasteiger partial charge in [-0.15, -0.1) is 11.3 Å². The van der Waals surface area contributed by atoms with Crippen molar-refractivity contribution in [2.24, 2.45) is 0 Å². The minimum atomic E-state index is 0.414. The van der Waals surface area contributed by atoms with Crippen LogP contribution in [0.4, 0.5) is 0 Å². The molecule has 0 unspecified atom stereocenters. The summed E-state index contributed by atoms with van der Waals surface area (Å²) < 4.78 is 5.55. The molecule has 0 saturated heterocycles. The Morgan fingerprint density at radius 1 is 1.44 bits per heavy atom. The van der Waals surface area contributed by atoms with Crippen LogP contribution in [0.5, 0.6) is 5.75 Å². The number of benzene rings is 1. The van der Waals surface area contributed by atoms with E-state index in [4.69, 9.17) is 10.00 Å². The fourth-order valence-corrected chi connectivity index (χ4v) is 1.98. The smallest absolute Gasteiger partial charge is 0.140 e. The van der Waals surface area contributed by atoms with Gasteiger partial charge in [0.2, 0.25) is 0 Å². The maximum Gasteiger partial charge on any atom is 0.140 e. The van der Waals surface area contributed by atoms with Crippen molar-refractivity contribution in [2.75, 3.05) is 0 Å². The number of thiazole rings is 1. The van der Waals surface area contributed by atoms with Crippen LogP contribution in [-0.4, -0.2) is 4.98 Å². The highest BCUT2D eigenvalue weighted by molar-refractivity contribution is 7.09. The summed E-state index contributed by atoms with van der Waals surface area (Å²) in [5, 5.41) is 11.8. The van der Waals surface area contributed by atoms with E-state index in [9.17, 15) is 0 Å². The fourth-order valence-electron chi connectivity index (χ4n) is 1.29. The average molecular weight is 230 g/mol. The molecule has 1 aromatic heterocycles. The van der Waals surface area contributed by atoms with Gasteiger partial charge in [-0.25, -0.2) is 4.98 Å². The lowest BCUT2D eigenvalue weighted by atomic mass is 10.2. The first-order chi connectivity index (χ1) is 7.79. The molecule has 0 N–H and O–H groups in total. The predicted molar refractivity (Wildman–Crippen MR) is 62.3 cm³/mol. The third-order valence-electron chi connectivity index (χ3n) is 2.03. The lowest BCUT2D eigenvalue weighted by molar-refractivity contribution is 0.304. The van der Waals surface area contributed by atoms with Gasteiger partial charge in [0, 0.05) is 11.1 Å². The maximum atomic E-state index is 8.88. The number of hydrogen-bond acceptors (Lipinski definition) is 4. The highest BCUT2D eigenvalue weighted by atomic mass is 32.1. The molecule has 0 bridgehead atoms. The number of nitriles is 1. The molecule has 80 valence electrons. The van der Waals surface area contributed by atoms with Crippen LogP contribution in [0.3, 0.4) is 0 Å².